The van der Waals surface area contributed by atoms with Gasteiger partial charge in [-0.25, -0.2) is 0 Å². The maximum atomic E-state index is 13.2. The Bertz CT molecular complexity index is 762. The highest BCUT2D eigenvalue weighted by atomic mass is 16.4. The summed E-state index contributed by atoms with van der Waals surface area (Å²) in [7, 11) is 0. The van der Waals surface area contributed by atoms with Gasteiger partial charge in [0.25, 0.3) is 0 Å². The van der Waals surface area contributed by atoms with E-state index in [-0.39, 0.29) is 40.8 Å². The molecule has 0 aromatic rings. The number of carboxylic acids is 1. The molecule has 0 aromatic heterocycles. The second kappa shape index (κ2) is 6.15. The molecule has 4 aliphatic carbocycles. The van der Waals surface area contributed by atoms with Crippen LogP contribution in [0.3, 0.4) is 0 Å². The quantitative estimate of drug-likeness (QED) is 0.808. The summed E-state index contributed by atoms with van der Waals surface area (Å²) in [4.78, 5) is 36.3. The molecule has 4 aliphatic rings. The molecule has 0 amide bonds. The maximum Gasteiger partial charge on any atom is 0.303 e. The Hall–Kier alpha value is -1.71. The van der Waals surface area contributed by atoms with Gasteiger partial charge in [0.05, 0.1) is 0 Å². The molecule has 4 rings (SSSR count). The molecule has 0 heterocycles. The van der Waals surface area contributed by atoms with Crippen molar-refractivity contribution in [3.8, 4) is 0 Å². The largest absolute Gasteiger partial charge is 0.481 e. The van der Waals surface area contributed by atoms with Crippen LogP contribution < -0.4 is 0 Å². The van der Waals surface area contributed by atoms with Crippen LogP contribution in [0.15, 0.2) is 23.8 Å². The summed E-state index contributed by atoms with van der Waals surface area (Å²) in [6.45, 7) is 6.58. The molecule has 4 nitrogen and oxygen atoms in total. The monoisotopic (exact) mass is 370 g/mol. The lowest BCUT2D eigenvalue weighted by Gasteiger charge is -2.56. The van der Waals surface area contributed by atoms with Crippen molar-refractivity contribution in [1.82, 2.24) is 0 Å². The molecule has 0 bridgehead atoms. The Morgan fingerprint density at radius 2 is 1.96 bits per heavy atom. The summed E-state index contributed by atoms with van der Waals surface area (Å²) in [5.74, 6) is 0.746. The van der Waals surface area contributed by atoms with Gasteiger partial charge in [0.2, 0.25) is 0 Å². The fraction of sp³-hybridized carbons (Fsp3) is 0.696. The van der Waals surface area contributed by atoms with E-state index in [0.29, 0.717) is 24.0 Å². The minimum Gasteiger partial charge on any atom is -0.481 e. The van der Waals surface area contributed by atoms with Crippen molar-refractivity contribution in [3.05, 3.63) is 23.8 Å². The third-order valence-electron chi connectivity index (χ3n) is 8.64. The Kier molecular flexibility index (Phi) is 4.25. The topological polar surface area (TPSA) is 71.4 Å². The molecule has 0 saturated heterocycles. The second-order valence-corrected chi connectivity index (χ2v) is 9.87. The molecule has 0 unspecified atom stereocenters. The fourth-order valence-corrected chi connectivity index (χ4v) is 7.30. The SMILES string of the molecule is C[C@H](CC(=O)O)[C@H]1CC[C@H]2[C@@H]3C(=O)CC4=CC(=O)C=C[C@]4(C)[C@H]3CC[C@]12C. The molecule has 0 radical (unpaired) electrons. The first-order valence-electron chi connectivity index (χ1n) is 10.4. The highest BCUT2D eigenvalue weighted by Gasteiger charge is 2.61. The highest BCUT2D eigenvalue weighted by Crippen LogP contribution is 2.66. The summed E-state index contributed by atoms with van der Waals surface area (Å²) < 4.78 is 0. The normalized spacial score (nSPS) is 44.2. The van der Waals surface area contributed by atoms with Crippen molar-refractivity contribution < 1.29 is 19.5 Å². The first-order chi connectivity index (χ1) is 12.7. The zero-order valence-corrected chi connectivity index (χ0v) is 16.5. The number of carboxylic acid groups (broad SMARTS) is 1. The van der Waals surface area contributed by atoms with Crippen LogP contribution in [0.1, 0.15) is 59.3 Å². The van der Waals surface area contributed by atoms with Gasteiger partial charge >= 0.3 is 5.97 Å². The number of carbonyl (C=O) groups excluding carboxylic acids is 2. The van der Waals surface area contributed by atoms with Crippen LogP contribution in [0.5, 0.6) is 0 Å². The minimum atomic E-state index is -0.726. The third-order valence-corrected chi connectivity index (χ3v) is 8.64. The Balaban J connectivity index is 1.66. The number of allylic oxidation sites excluding steroid dienone is 4. The molecular weight excluding hydrogens is 340 g/mol. The van der Waals surface area contributed by atoms with Gasteiger partial charge in [-0.05, 0) is 72.5 Å². The molecule has 0 aromatic carbocycles. The minimum absolute atomic E-state index is 0.00204. The number of ketones is 2. The van der Waals surface area contributed by atoms with E-state index in [2.05, 4.69) is 26.8 Å². The molecule has 146 valence electrons. The lowest BCUT2D eigenvalue weighted by molar-refractivity contribution is -0.142. The Morgan fingerprint density at radius 1 is 1.22 bits per heavy atom. The summed E-state index contributed by atoms with van der Waals surface area (Å²) >= 11 is 0. The number of carbonyl (C=O) groups is 3. The van der Waals surface area contributed by atoms with Gasteiger partial charge in [0, 0.05) is 24.2 Å². The average Bonchev–Trinajstić information content (AvgIpc) is 2.93. The number of fused-ring (bicyclic) bond motifs is 5. The summed E-state index contributed by atoms with van der Waals surface area (Å²) in [5.41, 5.74) is 0.870. The van der Waals surface area contributed by atoms with Crippen molar-refractivity contribution in [2.75, 3.05) is 0 Å². The van der Waals surface area contributed by atoms with E-state index in [4.69, 9.17) is 0 Å². The number of hydrogen-bond acceptors (Lipinski definition) is 3. The van der Waals surface area contributed by atoms with Gasteiger partial charge < -0.3 is 5.11 Å². The van der Waals surface area contributed by atoms with Crippen LogP contribution in [-0.2, 0) is 14.4 Å². The van der Waals surface area contributed by atoms with Crippen LogP contribution in [0.25, 0.3) is 0 Å². The van der Waals surface area contributed by atoms with Crippen molar-refractivity contribution in [2.24, 2.45) is 40.4 Å². The van der Waals surface area contributed by atoms with E-state index < -0.39 is 5.97 Å². The van der Waals surface area contributed by atoms with E-state index >= 15 is 0 Å². The van der Waals surface area contributed by atoms with E-state index in [1.165, 1.54) is 0 Å². The molecule has 3 fully saturated rings. The molecule has 4 heteroatoms. The highest BCUT2D eigenvalue weighted by molar-refractivity contribution is 6.02. The molecule has 3 saturated carbocycles. The first-order valence-corrected chi connectivity index (χ1v) is 10.4. The van der Waals surface area contributed by atoms with Crippen molar-refractivity contribution in [2.45, 2.75) is 59.3 Å². The molecule has 0 aliphatic heterocycles. The van der Waals surface area contributed by atoms with Gasteiger partial charge in [-0.3, -0.25) is 14.4 Å². The van der Waals surface area contributed by atoms with Crippen LogP contribution in [0, 0.1) is 40.4 Å². The molecule has 27 heavy (non-hydrogen) atoms. The smallest absolute Gasteiger partial charge is 0.303 e. The second-order valence-electron chi connectivity index (χ2n) is 9.87. The zero-order chi connectivity index (χ0) is 19.6. The van der Waals surface area contributed by atoms with E-state index in [1.54, 1.807) is 12.2 Å². The van der Waals surface area contributed by atoms with Crippen molar-refractivity contribution in [3.63, 3.8) is 0 Å². The summed E-state index contributed by atoms with van der Waals surface area (Å²) in [5, 5.41) is 9.24. The average molecular weight is 370 g/mol. The number of Topliss-reactive ketones (excluding diaryl/α,β-unsaturated/α-hetero) is 1. The van der Waals surface area contributed by atoms with E-state index in [0.717, 1.165) is 31.3 Å². The molecular formula is C23H30O4. The Morgan fingerprint density at radius 3 is 2.67 bits per heavy atom. The number of aliphatic carboxylic acids is 1. The number of hydrogen-bond donors (Lipinski definition) is 1. The number of rotatable bonds is 3. The zero-order valence-electron chi connectivity index (χ0n) is 16.5. The first kappa shape index (κ1) is 18.6. The van der Waals surface area contributed by atoms with E-state index in [9.17, 15) is 19.5 Å². The van der Waals surface area contributed by atoms with Crippen LogP contribution >= 0.6 is 0 Å². The van der Waals surface area contributed by atoms with Crippen LogP contribution in [-0.4, -0.2) is 22.6 Å². The summed E-state index contributed by atoms with van der Waals surface area (Å²) in [6, 6.07) is 0. The molecule has 7 atom stereocenters. The maximum absolute atomic E-state index is 13.2. The predicted molar refractivity (Wildman–Crippen MR) is 102 cm³/mol. The third kappa shape index (κ3) is 2.67. The van der Waals surface area contributed by atoms with Gasteiger partial charge in [-0.1, -0.05) is 26.8 Å². The van der Waals surface area contributed by atoms with Crippen molar-refractivity contribution in [1.29, 1.82) is 0 Å². The Labute approximate surface area is 161 Å². The standard InChI is InChI=1S/C23H30O4/c1-13(10-20(26)27)16-4-5-17-21-18(7-9-23(16,17)3)22(2)8-6-15(24)11-14(22)12-19(21)25/h6,8,11,13,16-18,21H,4-5,7,9-10,12H2,1-3H3,(H,26,27)/t13-,16-,17+,18+,21+,22+,23-/m1/s1. The van der Waals surface area contributed by atoms with Gasteiger partial charge in [-0.15, -0.1) is 0 Å². The molecule has 0 spiro atoms. The van der Waals surface area contributed by atoms with E-state index in [1.807, 2.05) is 0 Å². The fourth-order valence-electron chi connectivity index (χ4n) is 7.30. The lowest BCUT2D eigenvalue weighted by Crippen LogP contribution is -2.53. The van der Waals surface area contributed by atoms with Gasteiger partial charge in [0.1, 0.15) is 5.78 Å². The van der Waals surface area contributed by atoms with Crippen molar-refractivity contribution >= 4 is 17.5 Å². The van der Waals surface area contributed by atoms with Gasteiger partial charge in [-0.2, -0.15) is 0 Å². The van der Waals surface area contributed by atoms with Crippen LogP contribution in [0.2, 0.25) is 0 Å². The summed E-state index contributed by atoms with van der Waals surface area (Å²) in [6.07, 6.45) is 10.1. The van der Waals surface area contributed by atoms with Gasteiger partial charge in [0.15, 0.2) is 5.78 Å². The van der Waals surface area contributed by atoms with Crippen LogP contribution in [0.4, 0.5) is 0 Å². The predicted octanol–water partition coefficient (Wildman–Crippen LogP) is 4.20. The lowest BCUT2D eigenvalue weighted by atomic mass is 9.47. The molecule has 1 N–H and O–H groups in total.